The first kappa shape index (κ1) is 15.6. The number of aryl methyl sites for hydroxylation is 1. The number of unbranched alkanes of at least 4 members (excludes halogenated alkanes) is 2. The molecule has 0 atom stereocenters. The average molecular weight is 272 g/mol. The van der Waals surface area contributed by atoms with Crippen molar-refractivity contribution in [2.45, 2.75) is 39.0 Å². The predicted octanol–water partition coefficient (Wildman–Crippen LogP) is 3.08. The molecule has 18 heavy (non-hydrogen) atoms. The van der Waals surface area contributed by atoms with Crippen LogP contribution in [0.15, 0.2) is 30.3 Å². The molecule has 0 spiro atoms. The zero-order chi connectivity index (χ0) is 13.5. The topological polar surface area (TPSA) is 60.7 Å². The summed E-state index contributed by atoms with van der Waals surface area (Å²) in [6.45, 7) is 1.97. The normalized spacial score (nSPS) is 14.1. The van der Waals surface area contributed by atoms with Crippen molar-refractivity contribution in [1.29, 1.82) is 0 Å². The van der Waals surface area contributed by atoms with E-state index in [4.69, 9.17) is 0 Å². The van der Waals surface area contributed by atoms with E-state index in [-0.39, 0.29) is 12.3 Å². The van der Waals surface area contributed by atoms with E-state index in [0.717, 1.165) is 19.3 Å². The van der Waals surface area contributed by atoms with Gasteiger partial charge in [0.05, 0.1) is 0 Å². The van der Waals surface area contributed by atoms with Crippen LogP contribution in [0, 0.1) is 0 Å². The molecule has 3 nitrogen and oxygen atoms in total. The fraction of sp³-hybridized carbons (Fsp3) is 0.571. The zero-order valence-corrected chi connectivity index (χ0v) is 12.0. The summed E-state index contributed by atoms with van der Waals surface area (Å²) in [5.41, 5.74) is 1.25. The summed E-state index contributed by atoms with van der Waals surface area (Å²) in [5.74, 6) is 0. The Morgan fingerprint density at radius 2 is 1.50 bits per heavy atom. The van der Waals surface area contributed by atoms with Crippen molar-refractivity contribution in [3.8, 4) is 0 Å². The predicted molar refractivity (Wildman–Crippen MR) is 77.6 cm³/mol. The van der Waals surface area contributed by atoms with Crippen molar-refractivity contribution in [2.24, 2.45) is 0 Å². The second-order valence-electron chi connectivity index (χ2n) is 5.08. The number of rotatable bonds is 8. The maximum absolute atomic E-state index is 9.85. The molecule has 0 aliphatic rings. The Morgan fingerprint density at radius 3 is 2.11 bits per heavy atom. The molecule has 0 radical (unpaired) electrons. The van der Waals surface area contributed by atoms with Crippen molar-refractivity contribution >= 4 is 7.28 Å². The first-order chi connectivity index (χ1) is 8.41. The van der Waals surface area contributed by atoms with E-state index in [9.17, 15) is 14.7 Å². The van der Waals surface area contributed by atoms with Gasteiger partial charge in [0.1, 0.15) is 0 Å². The van der Waals surface area contributed by atoms with Crippen molar-refractivity contribution in [2.75, 3.05) is 12.3 Å². The van der Waals surface area contributed by atoms with Crippen LogP contribution >= 0.6 is 7.28 Å². The molecule has 4 heteroatoms. The fourth-order valence-electron chi connectivity index (χ4n) is 2.00. The molecular formula is C14H25O3P. The molecule has 0 bridgehead atoms. The fourth-order valence-corrected chi connectivity index (χ4v) is 4.06. The Bertz CT molecular complexity index is 343. The molecule has 0 fully saturated rings. The van der Waals surface area contributed by atoms with E-state index in [1.807, 2.05) is 25.1 Å². The van der Waals surface area contributed by atoms with Crippen molar-refractivity contribution < 1.29 is 14.7 Å². The van der Waals surface area contributed by atoms with Crippen LogP contribution in [0.1, 0.15) is 38.2 Å². The summed E-state index contributed by atoms with van der Waals surface area (Å²) < 4.78 is 0. The van der Waals surface area contributed by atoms with Gasteiger partial charge in [-0.25, -0.2) is 0 Å². The second-order valence-corrected chi connectivity index (χ2v) is 8.66. The van der Waals surface area contributed by atoms with Crippen LogP contribution in [-0.4, -0.2) is 27.0 Å². The third kappa shape index (κ3) is 6.46. The first-order valence-electron chi connectivity index (χ1n) is 6.70. The van der Waals surface area contributed by atoms with Crippen LogP contribution < -0.4 is 0 Å². The Balaban J connectivity index is 2.28. The van der Waals surface area contributed by atoms with Gasteiger partial charge < -0.3 is 0 Å². The maximum atomic E-state index is 9.85. The Morgan fingerprint density at radius 1 is 0.889 bits per heavy atom. The molecule has 0 amide bonds. The van der Waals surface area contributed by atoms with Gasteiger partial charge in [-0.2, -0.15) is 0 Å². The Labute approximate surface area is 110 Å². The minimum atomic E-state index is -4.33. The summed E-state index contributed by atoms with van der Waals surface area (Å²) in [6.07, 6.45) is 4.26. The molecule has 104 valence electrons. The summed E-state index contributed by atoms with van der Waals surface area (Å²) in [5, 5.41) is 0. The van der Waals surface area contributed by atoms with E-state index in [1.165, 1.54) is 5.56 Å². The summed E-state index contributed by atoms with van der Waals surface area (Å²) in [7, 11) is -4.33. The van der Waals surface area contributed by atoms with Crippen LogP contribution in [0.4, 0.5) is 0 Å². The van der Waals surface area contributed by atoms with E-state index in [2.05, 4.69) is 12.1 Å². The quantitative estimate of drug-likeness (QED) is 0.503. The van der Waals surface area contributed by atoms with Gasteiger partial charge in [0.25, 0.3) is 0 Å². The number of hydrogen-bond acceptors (Lipinski definition) is 3. The molecule has 0 unspecified atom stereocenters. The van der Waals surface area contributed by atoms with Gasteiger partial charge in [0.15, 0.2) is 0 Å². The molecule has 0 aromatic heterocycles. The minimum absolute atomic E-state index is 0.137. The van der Waals surface area contributed by atoms with Gasteiger partial charge in [-0.3, -0.25) is 0 Å². The molecule has 1 rings (SSSR count). The van der Waals surface area contributed by atoms with Gasteiger partial charge in [-0.15, -0.1) is 0 Å². The first-order valence-corrected chi connectivity index (χ1v) is 9.17. The molecule has 0 saturated carbocycles. The van der Waals surface area contributed by atoms with Gasteiger partial charge in [0.2, 0.25) is 0 Å². The second kappa shape index (κ2) is 6.63. The third-order valence-corrected chi connectivity index (χ3v) is 5.61. The van der Waals surface area contributed by atoms with Gasteiger partial charge in [-0.1, -0.05) is 0 Å². The molecule has 0 saturated heterocycles. The monoisotopic (exact) mass is 272 g/mol. The number of hydrogen-bond donors (Lipinski definition) is 3. The SMILES string of the molecule is CCCCP(O)(O)(O)CCCCc1ccccc1. The molecule has 0 aliphatic carbocycles. The van der Waals surface area contributed by atoms with Crippen LogP contribution in [0.2, 0.25) is 0 Å². The molecular weight excluding hydrogens is 247 g/mol. The molecule has 0 aliphatic heterocycles. The van der Waals surface area contributed by atoms with Gasteiger partial charge >= 0.3 is 109 Å². The Hall–Kier alpha value is -0.470. The van der Waals surface area contributed by atoms with Crippen molar-refractivity contribution in [1.82, 2.24) is 0 Å². The van der Waals surface area contributed by atoms with Crippen molar-refractivity contribution in [3.05, 3.63) is 35.9 Å². The molecule has 3 N–H and O–H groups in total. The van der Waals surface area contributed by atoms with Crippen LogP contribution in [0.5, 0.6) is 0 Å². The van der Waals surface area contributed by atoms with Gasteiger partial charge in [0, 0.05) is 0 Å². The average Bonchev–Trinajstić information content (AvgIpc) is 2.33. The Kier molecular flexibility index (Phi) is 5.74. The van der Waals surface area contributed by atoms with E-state index in [0.29, 0.717) is 12.8 Å². The van der Waals surface area contributed by atoms with E-state index >= 15 is 0 Å². The van der Waals surface area contributed by atoms with Gasteiger partial charge in [-0.05, 0) is 0 Å². The molecule has 0 heterocycles. The van der Waals surface area contributed by atoms with E-state index < -0.39 is 7.28 Å². The summed E-state index contributed by atoms with van der Waals surface area (Å²) in [6, 6.07) is 10.1. The zero-order valence-electron chi connectivity index (χ0n) is 11.1. The van der Waals surface area contributed by atoms with Crippen molar-refractivity contribution in [3.63, 3.8) is 0 Å². The third-order valence-electron chi connectivity index (χ3n) is 3.14. The van der Waals surface area contributed by atoms with Crippen LogP contribution in [0.25, 0.3) is 0 Å². The summed E-state index contributed by atoms with van der Waals surface area (Å²) >= 11 is 0. The summed E-state index contributed by atoms with van der Waals surface area (Å²) in [4.78, 5) is 29.5. The van der Waals surface area contributed by atoms with E-state index in [1.54, 1.807) is 0 Å². The molecule has 1 aromatic rings. The standard InChI is InChI=1S/C14H25O3P/c1-2-3-12-18(15,16,17)13-8-7-11-14-9-5-4-6-10-14/h4-6,9-10,15-17H,2-3,7-8,11-13H2,1H3. The van der Waals surface area contributed by atoms with Crippen LogP contribution in [-0.2, 0) is 6.42 Å². The molecule has 1 aromatic carbocycles. The van der Waals surface area contributed by atoms with Crippen LogP contribution in [0.3, 0.4) is 0 Å². The number of benzene rings is 1.